The van der Waals surface area contributed by atoms with Gasteiger partial charge in [0.25, 0.3) is 10.0 Å². The molecule has 0 fully saturated rings. The summed E-state index contributed by atoms with van der Waals surface area (Å²) in [6.45, 7) is 2.24. The van der Waals surface area contributed by atoms with Gasteiger partial charge in [-0.2, -0.15) is 4.31 Å². The highest BCUT2D eigenvalue weighted by Crippen LogP contribution is 2.22. The average Bonchev–Trinajstić information content (AvgIpc) is 3.05. The smallest absolute Gasteiger partial charge is 0.374 e. The van der Waals surface area contributed by atoms with Crippen molar-refractivity contribution in [2.45, 2.75) is 17.9 Å². The molecule has 1 aromatic carbocycles. The third kappa shape index (κ3) is 3.80. The van der Waals surface area contributed by atoms with Gasteiger partial charge in [0.15, 0.2) is 0 Å². The lowest BCUT2D eigenvalue weighted by Crippen LogP contribution is -2.30. The summed E-state index contributed by atoms with van der Waals surface area (Å²) >= 11 is 0. The van der Waals surface area contributed by atoms with Crippen LogP contribution >= 0.6 is 0 Å². The number of likely N-dealkylation sites (N-methyl/N-ethyl adjacent to an activating group) is 1. The molecule has 0 radical (unpaired) electrons. The van der Waals surface area contributed by atoms with Crippen molar-refractivity contribution >= 4 is 16.0 Å². The van der Waals surface area contributed by atoms with Crippen LogP contribution in [0.1, 0.15) is 29.0 Å². The first-order chi connectivity index (χ1) is 10.9. The predicted octanol–water partition coefficient (Wildman–Crippen LogP) is 2.49. The van der Waals surface area contributed by atoms with E-state index < -0.39 is 16.0 Å². The second-order valence-electron chi connectivity index (χ2n) is 5.21. The van der Waals surface area contributed by atoms with E-state index in [2.05, 4.69) is 4.74 Å². The summed E-state index contributed by atoms with van der Waals surface area (Å²) in [5.41, 5.74) is 1.05. The van der Waals surface area contributed by atoms with E-state index in [0.29, 0.717) is 6.54 Å². The van der Waals surface area contributed by atoms with Gasteiger partial charge in [0.05, 0.1) is 7.11 Å². The number of hydrogen-bond acceptors (Lipinski definition) is 5. The first-order valence-corrected chi connectivity index (χ1v) is 8.49. The van der Waals surface area contributed by atoms with Crippen molar-refractivity contribution < 1.29 is 22.4 Å². The minimum absolute atomic E-state index is 0.0195. The zero-order valence-corrected chi connectivity index (χ0v) is 14.0. The summed E-state index contributed by atoms with van der Waals surface area (Å²) in [6.07, 6.45) is 0. The number of ether oxygens (including phenoxy) is 1. The van der Waals surface area contributed by atoms with Crippen molar-refractivity contribution in [1.82, 2.24) is 4.31 Å². The molecule has 0 aliphatic carbocycles. The first-order valence-electron chi connectivity index (χ1n) is 7.05. The Hall–Kier alpha value is -2.12. The van der Waals surface area contributed by atoms with Gasteiger partial charge in [-0.1, -0.05) is 37.3 Å². The lowest BCUT2D eigenvalue weighted by molar-refractivity contribution is 0.0558. The second-order valence-corrected chi connectivity index (χ2v) is 7.18. The molecule has 0 amide bonds. The first kappa shape index (κ1) is 17.2. The Labute approximate surface area is 135 Å². The summed E-state index contributed by atoms with van der Waals surface area (Å²) in [6, 6.07) is 12.2. The number of carbonyl (C=O) groups excluding carboxylic acids is 1. The zero-order valence-electron chi connectivity index (χ0n) is 13.2. The number of benzene rings is 1. The van der Waals surface area contributed by atoms with Crippen LogP contribution in [0.4, 0.5) is 0 Å². The van der Waals surface area contributed by atoms with E-state index in [1.165, 1.54) is 30.6 Å². The van der Waals surface area contributed by atoms with Crippen LogP contribution in [-0.4, -0.2) is 39.4 Å². The van der Waals surface area contributed by atoms with Gasteiger partial charge < -0.3 is 9.15 Å². The van der Waals surface area contributed by atoms with Crippen LogP contribution < -0.4 is 0 Å². The Morgan fingerprint density at radius 2 is 1.87 bits per heavy atom. The fraction of sp³-hybridized carbons (Fsp3) is 0.312. The number of nitrogens with zero attached hydrogens (tertiary/aromatic N) is 1. The molecule has 0 bridgehead atoms. The summed E-state index contributed by atoms with van der Waals surface area (Å²) in [5.74, 6) is -0.839. The molecule has 0 unspecified atom stereocenters. The van der Waals surface area contributed by atoms with Gasteiger partial charge in [0.1, 0.15) is 0 Å². The average molecular weight is 337 g/mol. The Kier molecular flexibility index (Phi) is 5.23. The Morgan fingerprint density at radius 1 is 1.22 bits per heavy atom. The monoisotopic (exact) mass is 337 g/mol. The van der Waals surface area contributed by atoms with Crippen molar-refractivity contribution in [3.8, 4) is 0 Å². The molecular formula is C16H19NO5S. The van der Waals surface area contributed by atoms with Crippen LogP contribution in [0.5, 0.6) is 0 Å². The van der Waals surface area contributed by atoms with Gasteiger partial charge in [0.2, 0.25) is 10.9 Å². The van der Waals surface area contributed by atoms with Crippen molar-refractivity contribution in [2.75, 3.05) is 20.7 Å². The number of rotatable bonds is 6. The summed E-state index contributed by atoms with van der Waals surface area (Å²) in [7, 11) is -1.12. The maximum absolute atomic E-state index is 12.5. The Bertz CT molecular complexity index is 767. The van der Waals surface area contributed by atoms with Crippen LogP contribution in [0.2, 0.25) is 0 Å². The molecule has 1 heterocycles. The topological polar surface area (TPSA) is 76.8 Å². The molecule has 0 aliphatic heterocycles. The van der Waals surface area contributed by atoms with E-state index in [-0.39, 0.29) is 16.8 Å². The second kappa shape index (κ2) is 6.97. The lowest BCUT2D eigenvalue weighted by atomic mass is 10.0. The van der Waals surface area contributed by atoms with Gasteiger partial charge in [-0.05, 0) is 23.6 Å². The molecule has 0 saturated heterocycles. The normalized spacial score (nSPS) is 13.0. The van der Waals surface area contributed by atoms with Crippen molar-refractivity contribution in [3.63, 3.8) is 0 Å². The van der Waals surface area contributed by atoms with Crippen LogP contribution in [0.25, 0.3) is 0 Å². The van der Waals surface area contributed by atoms with Gasteiger partial charge in [0, 0.05) is 13.6 Å². The molecule has 0 N–H and O–H groups in total. The number of methoxy groups -OCH3 is 1. The minimum Gasteiger partial charge on any atom is -0.463 e. The van der Waals surface area contributed by atoms with Gasteiger partial charge in [-0.3, -0.25) is 0 Å². The highest BCUT2D eigenvalue weighted by Gasteiger charge is 2.27. The highest BCUT2D eigenvalue weighted by molar-refractivity contribution is 7.89. The molecular weight excluding hydrogens is 318 g/mol. The standard InChI is InChI=1S/C16H19NO5S/c1-12(13-7-5-4-6-8-13)11-17(2)23(19,20)15-10-9-14(22-15)16(18)21-3/h4-10,12H,11H2,1-3H3/t12-/m1/s1. The fourth-order valence-electron chi connectivity index (χ4n) is 2.19. The Morgan fingerprint density at radius 3 is 2.48 bits per heavy atom. The molecule has 0 aliphatic rings. The predicted molar refractivity (Wildman–Crippen MR) is 84.7 cm³/mol. The van der Waals surface area contributed by atoms with E-state index >= 15 is 0 Å². The summed E-state index contributed by atoms with van der Waals surface area (Å²) in [4.78, 5) is 11.4. The zero-order chi connectivity index (χ0) is 17.0. The van der Waals surface area contributed by atoms with E-state index in [4.69, 9.17) is 4.42 Å². The molecule has 23 heavy (non-hydrogen) atoms. The molecule has 124 valence electrons. The Balaban J connectivity index is 2.15. The van der Waals surface area contributed by atoms with Gasteiger partial charge >= 0.3 is 5.97 Å². The largest absolute Gasteiger partial charge is 0.463 e. The van der Waals surface area contributed by atoms with E-state index in [9.17, 15) is 13.2 Å². The maximum atomic E-state index is 12.5. The maximum Gasteiger partial charge on any atom is 0.374 e. The molecule has 7 heteroatoms. The van der Waals surface area contributed by atoms with Crippen molar-refractivity contribution in [3.05, 3.63) is 53.8 Å². The number of sulfonamides is 1. The number of carbonyl (C=O) groups is 1. The molecule has 1 atom stereocenters. The number of furan rings is 1. The van der Waals surface area contributed by atoms with Crippen molar-refractivity contribution in [2.24, 2.45) is 0 Å². The molecule has 0 spiro atoms. The van der Waals surface area contributed by atoms with Gasteiger partial charge in [-0.25, -0.2) is 13.2 Å². The number of esters is 1. The molecule has 2 aromatic rings. The third-order valence-corrected chi connectivity index (χ3v) is 5.23. The van der Waals surface area contributed by atoms with Crippen LogP contribution in [0.15, 0.2) is 52.0 Å². The van der Waals surface area contributed by atoms with E-state index in [1.54, 1.807) is 0 Å². The van der Waals surface area contributed by atoms with Crippen molar-refractivity contribution in [1.29, 1.82) is 0 Å². The SMILES string of the molecule is COC(=O)c1ccc(S(=O)(=O)N(C)C[C@@H](C)c2ccccc2)o1. The number of hydrogen-bond donors (Lipinski definition) is 0. The van der Waals surface area contributed by atoms with Crippen LogP contribution in [0, 0.1) is 0 Å². The highest BCUT2D eigenvalue weighted by atomic mass is 32.2. The molecule has 1 aromatic heterocycles. The summed E-state index contributed by atoms with van der Waals surface area (Å²) < 4.78 is 35.8. The lowest BCUT2D eigenvalue weighted by Gasteiger charge is -2.20. The molecule has 0 saturated carbocycles. The molecule has 2 rings (SSSR count). The fourth-order valence-corrected chi connectivity index (χ4v) is 3.36. The summed E-state index contributed by atoms with van der Waals surface area (Å²) in [5, 5.41) is -0.277. The quantitative estimate of drug-likeness (QED) is 0.757. The van der Waals surface area contributed by atoms with Crippen LogP contribution in [-0.2, 0) is 14.8 Å². The minimum atomic E-state index is -3.80. The van der Waals surface area contributed by atoms with Crippen LogP contribution in [0.3, 0.4) is 0 Å². The third-order valence-electron chi connectivity index (χ3n) is 3.53. The van der Waals surface area contributed by atoms with E-state index in [1.807, 2.05) is 37.3 Å². The van der Waals surface area contributed by atoms with E-state index in [0.717, 1.165) is 5.56 Å². The molecule has 6 nitrogen and oxygen atoms in total. The van der Waals surface area contributed by atoms with Gasteiger partial charge in [-0.15, -0.1) is 0 Å².